The van der Waals surface area contributed by atoms with Crippen molar-refractivity contribution in [1.29, 1.82) is 0 Å². The maximum Gasteiger partial charge on any atom is 0.472 e. The maximum absolute atomic E-state index is 13.1. The first kappa shape index (κ1) is 95.7. The fraction of sp³-hybridized carbons (Fsp3) is 0.728. The van der Waals surface area contributed by atoms with Crippen LogP contribution in [0.2, 0.25) is 0 Å². The maximum atomic E-state index is 13.1. The van der Waals surface area contributed by atoms with Gasteiger partial charge in [0.05, 0.1) is 26.4 Å². The van der Waals surface area contributed by atoms with Gasteiger partial charge in [0, 0.05) is 25.7 Å². The number of aliphatic hydroxyl groups is 1. The lowest BCUT2D eigenvalue weighted by Gasteiger charge is -2.21. The van der Waals surface area contributed by atoms with Crippen LogP contribution in [0.25, 0.3) is 0 Å². The van der Waals surface area contributed by atoms with Gasteiger partial charge in [0.1, 0.15) is 19.3 Å². The lowest BCUT2D eigenvalue weighted by molar-refractivity contribution is -0.161. The second-order valence-electron chi connectivity index (χ2n) is 26.0. The summed E-state index contributed by atoms with van der Waals surface area (Å²) < 4.78 is 68.4. The van der Waals surface area contributed by atoms with Gasteiger partial charge in [-0.1, -0.05) is 259 Å². The molecule has 576 valence electrons. The summed E-state index contributed by atoms with van der Waals surface area (Å²) in [5.41, 5.74) is 0. The molecule has 0 aliphatic rings. The molecule has 0 rings (SSSR count). The van der Waals surface area contributed by atoms with Crippen molar-refractivity contribution >= 4 is 39.5 Å². The van der Waals surface area contributed by atoms with E-state index in [0.29, 0.717) is 32.1 Å². The summed E-state index contributed by atoms with van der Waals surface area (Å²) in [6.45, 7) is 4.69. The highest BCUT2D eigenvalue weighted by atomic mass is 31.2. The topological polar surface area (TPSA) is 237 Å². The van der Waals surface area contributed by atoms with Crippen molar-refractivity contribution in [3.05, 3.63) is 109 Å². The van der Waals surface area contributed by atoms with Crippen LogP contribution in [0.3, 0.4) is 0 Å². The molecule has 0 aromatic heterocycles. The Kier molecular flexibility index (Phi) is 69.9. The molecule has 3 N–H and O–H groups in total. The third-order valence-electron chi connectivity index (χ3n) is 16.2. The minimum Gasteiger partial charge on any atom is -0.462 e. The molecule has 5 atom stereocenters. The number of phosphoric acid groups is 2. The van der Waals surface area contributed by atoms with Crippen molar-refractivity contribution in [1.82, 2.24) is 0 Å². The molecule has 100 heavy (non-hydrogen) atoms. The molecule has 0 aliphatic heterocycles. The van der Waals surface area contributed by atoms with Crippen LogP contribution in [0.5, 0.6) is 0 Å². The third-order valence-corrected chi connectivity index (χ3v) is 18.1. The molecule has 0 amide bonds. The van der Waals surface area contributed by atoms with Gasteiger partial charge in [0.25, 0.3) is 0 Å². The van der Waals surface area contributed by atoms with E-state index in [0.717, 1.165) is 148 Å². The van der Waals surface area contributed by atoms with Crippen molar-refractivity contribution in [2.24, 2.45) is 0 Å². The summed E-state index contributed by atoms with van der Waals surface area (Å²) in [5, 5.41) is 10.6. The van der Waals surface area contributed by atoms with Gasteiger partial charge in [0.2, 0.25) is 0 Å². The van der Waals surface area contributed by atoms with Gasteiger partial charge in [0.15, 0.2) is 12.2 Å². The van der Waals surface area contributed by atoms with E-state index in [1.807, 2.05) is 12.2 Å². The van der Waals surface area contributed by atoms with Crippen LogP contribution in [-0.2, 0) is 65.4 Å². The highest BCUT2D eigenvalue weighted by Gasteiger charge is 2.30. The van der Waals surface area contributed by atoms with E-state index in [9.17, 15) is 43.2 Å². The number of phosphoric ester groups is 2. The minimum absolute atomic E-state index is 0.0144. The molecule has 0 aromatic carbocycles. The molecule has 2 unspecified atom stereocenters. The van der Waals surface area contributed by atoms with Gasteiger partial charge in [-0.2, -0.15) is 0 Å². The van der Waals surface area contributed by atoms with Gasteiger partial charge in [-0.05, 0) is 148 Å². The van der Waals surface area contributed by atoms with Gasteiger partial charge >= 0.3 is 39.5 Å². The average Bonchev–Trinajstić information content (AvgIpc) is 0.962. The largest absolute Gasteiger partial charge is 0.472 e. The SMILES string of the molecule is CCCCC/C=C\C/C=C\C/C=C\C/C=C\CCCC(=O)O[C@H](COC(=O)CCCCCCC/C=C\C=C/CCCCCC)COP(=O)(O)OC[C@@H](O)COP(=O)(O)OC[C@@H](COC(=O)CCCCCCC/C=C\C/C=C\CCCCC)OC(=O)CCCCCCC/C=C\CCCCCC. The van der Waals surface area contributed by atoms with E-state index in [-0.39, 0.29) is 25.7 Å². The zero-order valence-electron chi connectivity index (χ0n) is 62.8. The number of allylic oxidation sites excluding steroid dienone is 18. The van der Waals surface area contributed by atoms with Crippen molar-refractivity contribution in [2.75, 3.05) is 39.6 Å². The number of hydrogen-bond donors (Lipinski definition) is 3. The summed E-state index contributed by atoms with van der Waals surface area (Å²) in [7, 11) is -9.98. The first-order chi connectivity index (χ1) is 48.7. The Morgan fingerprint density at radius 2 is 0.530 bits per heavy atom. The predicted octanol–water partition coefficient (Wildman–Crippen LogP) is 22.6. The molecule has 0 fully saturated rings. The number of carbonyl (C=O) groups excluding carboxylic acids is 4. The van der Waals surface area contributed by atoms with E-state index in [4.69, 9.17) is 37.0 Å². The number of hydrogen-bond acceptors (Lipinski definition) is 15. The van der Waals surface area contributed by atoms with Crippen LogP contribution in [0.4, 0.5) is 0 Å². The standard InChI is InChI=1S/C81H140O17P2/c1-5-9-13-17-21-25-29-33-36-37-40-44-48-52-56-60-64-68-81(86)98-77(72-92-79(84)66-62-58-54-50-46-43-39-35-31-27-23-19-15-11-7-3)74-96-100(89,90)94-70-75(82)69-93-99(87,88)95-73-76(97-80(85)67-63-59-55-51-47-41-32-28-24-20-16-12-8-4)71-91-78(83)65-61-57-53-49-45-42-38-34-30-26-22-18-14-10-6-2/h21-22,25-28,31-36,38-40,44,52,56,75-77,82H,5-20,23-24,29-30,37,41-43,45-51,53-55,57-74H2,1-4H3,(H,87,88)(H,89,90)/b25-21-,26-22-,31-27-,32-28-,36-33-,38-34-,39-35-,44-40-,56-52-/t75-,76+,77+/m0/s1. The molecule has 17 nitrogen and oxygen atoms in total. The first-order valence-electron chi connectivity index (χ1n) is 39.1. The smallest absolute Gasteiger partial charge is 0.462 e. The summed E-state index contributed by atoms with van der Waals surface area (Å²) in [6.07, 6.45) is 77.9. The fourth-order valence-corrected chi connectivity index (χ4v) is 11.7. The molecule has 0 aliphatic carbocycles. The van der Waals surface area contributed by atoms with Crippen molar-refractivity contribution < 1.29 is 80.2 Å². The molecule has 0 spiro atoms. The number of rotatable bonds is 73. The van der Waals surface area contributed by atoms with Crippen LogP contribution >= 0.6 is 15.6 Å². The molecule has 0 radical (unpaired) electrons. The highest BCUT2D eigenvalue weighted by molar-refractivity contribution is 7.47. The summed E-state index contributed by atoms with van der Waals surface area (Å²) in [5.74, 6) is -2.28. The first-order valence-corrected chi connectivity index (χ1v) is 42.1. The fourth-order valence-electron chi connectivity index (χ4n) is 10.2. The molecule has 0 aromatic rings. The van der Waals surface area contributed by atoms with Gasteiger partial charge in [-0.3, -0.25) is 37.3 Å². The zero-order valence-corrected chi connectivity index (χ0v) is 64.6. The second kappa shape index (κ2) is 73.0. The zero-order chi connectivity index (χ0) is 73.2. The molecule has 0 saturated heterocycles. The Balaban J connectivity index is 5.43. The number of aliphatic hydroxyl groups excluding tert-OH is 1. The number of unbranched alkanes of at least 4 members (excludes halogenated alkanes) is 30. The quantitative estimate of drug-likeness (QED) is 0.0128. The summed E-state index contributed by atoms with van der Waals surface area (Å²) in [4.78, 5) is 72.9. The summed E-state index contributed by atoms with van der Waals surface area (Å²) >= 11 is 0. The second-order valence-corrected chi connectivity index (χ2v) is 28.9. The number of ether oxygens (including phenoxy) is 4. The van der Waals surface area contributed by atoms with E-state index in [2.05, 4.69) is 125 Å². The van der Waals surface area contributed by atoms with Crippen molar-refractivity contribution in [2.45, 2.75) is 341 Å². The van der Waals surface area contributed by atoms with Crippen LogP contribution in [-0.4, -0.2) is 96.7 Å². The average molecular weight is 1450 g/mol. The lowest BCUT2D eigenvalue weighted by Crippen LogP contribution is -2.30. The number of esters is 4. The van der Waals surface area contributed by atoms with Crippen LogP contribution in [0.1, 0.15) is 323 Å². The van der Waals surface area contributed by atoms with E-state index in [1.165, 1.54) is 89.9 Å². The third kappa shape index (κ3) is 72.1. The van der Waals surface area contributed by atoms with E-state index >= 15 is 0 Å². The lowest BCUT2D eigenvalue weighted by atomic mass is 10.1. The van der Waals surface area contributed by atoms with Crippen LogP contribution in [0.15, 0.2) is 109 Å². The van der Waals surface area contributed by atoms with Crippen LogP contribution < -0.4 is 0 Å². The van der Waals surface area contributed by atoms with Crippen LogP contribution in [0, 0.1) is 0 Å². The molecule has 0 bridgehead atoms. The molecule has 0 saturated carbocycles. The summed E-state index contributed by atoms with van der Waals surface area (Å²) in [6, 6.07) is 0. The molecular weight excluding hydrogens is 1310 g/mol. The monoisotopic (exact) mass is 1450 g/mol. The van der Waals surface area contributed by atoms with Gasteiger partial charge < -0.3 is 33.8 Å². The molecule has 0 heterocycles. The number of carbonyl (C=O) groups is 4. The Hall–Kier alpha value is -4.28. The molecular formula is C81H140O17P2. The Morgan fingerprint density at radius 3 is 0.880 bits per heavy atom. The van der Waals surface area contributed by atoms with E-state index in [1.54, 1.807) is 0 Å². The normalized spacial score (nSPS) is 14.5. The van der Waals surface area contributed by atoms with Crippen molar-refractivity contribution in [3.8, 4) is 0 Å². The molecule has 19 heteroatoms. The van der Waals surface area contributed by atoms with E-state index < -0.39 is 97.5 Å². The van der Waals surface area contributed by atoms with Gasteiger partial charge in [-0.25, -0.2) is 9.13 Å². The van der Waals surface area contributed by atoms with Gasteiger partial charge in [-0.15, -0.1) is 0 Å². The predicted molar refractivity (Wildman–Crippen MR) is 408 cm³/mol. The Bertz CT molecular complexity index is 2320. The Labute approximate surface area is 607 Å². The minimum atomic E-state index is -4.99. The Morgan fingerprint density at radius 1 is 0.290 bits per heavy atom. The highest BCUT2D eigenvalue weighted by Crippen LogP contribution is 2.45. The van der Waals surface area contributed by atoms with Crippen molar-refractivity contribution in [3.63, 3.8) is 0 Å².